The third-order valence-electron chi connectivity index (χ3n) is 3.74. The first kappa shape index (κ1) is 16.0. The Balaban J connectivity index is 3.37. The molecule has 16 heavy (non-hydrogen) atoms. The van der Waals surface area contributed by atoms with E-state index in [0.717, 1.165) is 12.8 Å². The van der Waals surface area contributed by atoms with Gasteiger partial charge in [0.05, 0.1) is 6.10 Å². The lowest BCUT2D eigenvalue weighted by Gasteiger charge is -2.22. The summed E-state index contributed by atoms with van der Waals surface area (Å²) in [5.41, 5.74) is 0.493. The van der Waals surface area contributed by atoms with Crippen molar-refractivity contribution >= 4 is 0 Å². The molecule has 1 atom stereocenters. The number of aliphatic hydroxyl groups excluding tert-OH is 1. The number of rotatable bonds is 10. The standard InChI is InChI=1S/C15H32O/c1-5-7-8-11-14(16)12-9-10-13-15(3,4)6-2/h14,16H,5-13H2,1-4H3. The average Bonchev–Trinajstić information content (AvgIpc) is 2.25. The molecule has 98 valence electrons. The van der Waals surface area contributed by atoms with Gasteiger partial charge in [0.1, 0.15) is 0 Å². The van der Waals surface area contributed by atoms with Gasteiger partial charge in [0.25, 0.3) is 0 Å². The highest BCUT2D eigenvalue weighted by Crippen LogP contribution is 2.27. The highest BCUT2D eigenvalue weighted by molar-refractivity contribution is 4.66. The Morgan fingerprint density at radius 3 is 2.00 bits per heavy atom. The number of unbranched alkanes of at least 4 members (excludes halogenated alkanes) is 3. The van der Waals surface area contributed by atoms with E-state index in [9.17, 15) is 5.11 Å². The molecule has 1 unspecified atom stereocenters. The minimum absolute atomic E-state index is 0.0451. The molecule has 1 N–H and O–H groups in total. The molecule has 0 bridgehead atoms. The van der Waals surface area contributed by atoms with Gasteiger partial charge in [-0.05, 0) is 24.7 Å². The van der Waals surface area contributed by atoms with Crippen LogP contribution >= 0.6 is 0 Å². The second kappa shape index (κ2) is 9.04. The van der Waals surface area contributed by atoms with Crippen molar-refractivity contribution in [2.45, 2.75) is 91.6 Å². The Bertz CT molecular complexity index is 152. The summed E-state index contributed by atoms with van der Waals surface area (Å²) in [5.74, 6) is 0. The summed E-state index contributed by atoms with van der Waals surface area (Å²) in [4.78, 5) is 0. The lowest BCUT2D eigenvalue weighted by Crippen LogP contribution is -2.10. The van der Waals surface area contributed by atoms with Gasteiger partial charge in [-0.1, -0.05) is 66.2 Å². The summed E-state index contributed by atoms with van der Waals surface area (Å²) in [6.07, 6.45) is 10.7. The largest absolute Gasteiger partial charge is 0.393 e. The monoisotopic (exact) mass is 228 g/mol. The van der Waals surface area contributed by atoms with Crippen molar-refractivity contribution in [2.75, 3.05) is 0 Å². The van der Waals surface area contributed by atoms with E-state index in [-0.39, 0.29) is 6.10 Å². The lowest BCUT2D eigenvalue weighted by atomic mass is 9.84. The van der Waals surface area contributed by atoms with Crippen LogP contribution in [-0.2, 0) is 0 Å². The SMILES string of the molecule is CCCCCC(O)CCCCC(C)(C)CC. The minimum atomic E-state index is -0.0451. The molecule has 0 aromatic rings. The molecular weight excluding hydrogens is 196 g/mol. The highest BCUT2D eigenvalue weighted by atomic mass is 16.3. The Hall–Kier alpha value is -0.0400. The summed E-state index contributed by atoms with van der Waals surface area (Å²) in [5, 5.41) is 9.76. The molecule has 0 aliphatic carbocycles. The summed E-state index contributed by atoms with van der Waals surface area (Å²) in [6, 6.07) is 0. The molecule has 0 heterocycles. The van der Waals surface area contributed by atoms with Crippen molar-refractivity contribution in [1.82, 2.24) is 0 Å². The van der Waals surface area contributed by atoms with Gasteiger partial charge in [-0.25, -0.2) is 0 Å². The van der Waals surface area contributed by atoms with Crippen LogP contribution in [0.1, 0.15) is 85.5 Å². The molecule has 1 heteroatoms. The third-order valence-corrected chi connectivity index (χ3v) is 3.74. The van der Waals surface area contributed by atoms with E-state index < -0.39 is 0 Å². The molecule has 0 aromatic heterocycles. The summed E-state index contributed by atoms with van der Waals surface area (Å²) in [7, 11) is 0. The maximum atomic E-state index is 9.76. The minimum Gasteiger partial charge on any atom is -0.393 e. The van der Waals surface area contributed by atoms with Crippen molar-refractivity contribution in [3.63, 3.8) is 0 Å². The first-order valence-electron chi connectivity index (χ1n) is 7.20. The fraction of sp³-hybridized carbons (Fsp3) is 1.00. The summed E-state index contributed by atoms with van der Waals surface area (Å²) in [6.45, 7) is 9.15. The zero-order valence-corrected chi connectivity index (χ0v) is 11.9. The van der Waals surface area contributed by atoms with Gasteiger partial charge in [-0.3, -0.25) is 0 Å². The molecule has 0 aliphatic rings. The van der Waals surface area contributed by atoms with Gasteiger partial charge in [0.2, 0.25) is 0 Å². The molecule has 0 fully saturated rings. The van der Waals surface area contributed by atoms with E-state index in [0.29, 0.717) is 5.41 Å². The molecule has 0 saturated carbocycles. The molecule has 0 aromatic carbocycles. The second-order valence-corrected chi connectivity index (χ2v) is 5.91. The van der Waals surface area contributed by atoms with E-state index in [2.05, 4.69) is 27.7 Å². The summed E-state index contributed by atoms with van der Waals surface area (Å²) >= 11 is 0. The topological polar surface area (TPSA) is 20.2 Å². The van der Waals surface area contributed by atoms with Gasteiger partial charge in [0, 0.05) is 0 Å². The molecule has 0 radical (unpaired) electrons. The smallest absolute Gasteiger partial charge is 0.0540 e. The van der Waals surface area contributed by atoms with Gasteiger partial charge >= 0.3 is 0 Å². The number of hydrogen-bond donors (Lipinski definition) is 1. The van der Waals surface area contributed by atoms with E-state index in [4.69, 9.17) is 0 Å². The maximum Gasteiger partial charge on any atom is 0.0540 e. The maximum absolute atomic E-state index is 9.76. The predicted octanol–water partition coefficient (Wildman–Crippen LogP) is 4.92. The Morgan fingerprint density at radius 1 is 0.938 bits per heavy atom. The zero-order valence-electron chi connectivity index (χ0n) is 11.9. The van der Waals surface area contributed by atoms with E-state index in [1.54, 1.807) is 0 Å². The number of aliphatic hydroxyl groups is 1. The first-order chi connectivity index (χ1) is 7.52. The molecular formula is C15H32O. The van der Waals surface area contributed by atoms with Gasteiger partial charge in [-0.15, -0.1) is 0 Å². The van der Waals surface area contributed by atoms with Crippen molar-refractivity contribution in [3.8, 4) is 0 Å². The molecule has 0 saturated heterocycles. The van der Waals surface area contributed by atoms with Gasteiger partial charge in [0.15, 0.2) is 0 Å². The normalized spacial score (nSPS) is 14.1. The first-order valence-corrected chi connectivity index (χ1v) is 7.20. The van der Waals surface area contributed by atoms with E-state index in [1.807, 2.05) is 0 Å². The fourth-order valence-corrected chi connectivity index (χ4v) is 1.93. The number of hydrogen-bond acceptors (Lipinski definition) is 1. The van der Waals surface area contributed by atoms with Crippen LogP contribution in [0.3, 0.4) is 0 Å². The average molecular weight is 228 g/mol. The van der Waals surface area contributed by atoms with Crippen LogP contribution in [-0.4, -0.2) is 11.2 Å². The van der Waals surface area contributed by atoms with Crippen LogP contribution in [0.2, 0.25) is 0 Å². The van der Waals surface area contributed by atoms with E-state index >= 15 is 0 Å². The Morgan fingerprint density at radius 2 is 1.50 bits per heavy atom. The quantitative estimate of drug-likeness (QED) is 0.526. The third kappa shape index (κ3) is 9.21. The van der Waals surface area contributed by atoms with Crippen LogP contribution in [0.15, 0.2) is 0 Å². The van der Waals surface area contributed by atoms with Crippen LogP contribution in [0, 0.1) is 5.41 Å². The van der Waals surface area contributed by atoms with Crippen molar-refractivity contribution in [3.05, 3.63) is 0 Å². The van der Waals surface area contributed by atoms with Crippen LogP contribution in [0.4, 0.5) is 0 Å². The second-order valence-electron chi connectivity index (χ2n) is 5.91. The highest BCUT2D eigenvalue weighted by Gasteiger charge is 2.14. The molecule has 0 aliphatic heterocycles. The predicted molar refractivity (Wildman–Crippen MR) is 72.7 cm³/mol. The molecule has 0 spiro atoms. The Labute approximate surface area is 103 Å². The molecule has 0 amide bonds. The van der Waals surface area contributed by atoms with Crippen LogP contribution in [0.25, 0.3) is 0 Å². The fourth-order valence-electron chi connectivity index (χ4n) is 1.93. The molecule has 0 rings (SSSR count). The Kier molecular flexibility index (Phi) is 9.02. The molecule has 1 nitrogen and oxygen atoms in total. The lowest BCUT2D eigenvalue weighted by molar-refractivity contribution is 0.145. The van der Waals surface area contributed by atoms with Crippen LogP contribution < -0.4 is 0 Å². The zero-order chi connectivity index (χ0) is 12.4. The summed E-state index contributed by atoms with van der Waals surface area (Å²) < 4.78 is 0. The van der Waals surface area contributed by atoms with Gasteiger partial charge in [-0.2, -0.15) is 0 Å². The van der Waals surface area contributed by atoms with Crippen molar-refractivity contribution in [1.29, 1.82) is 0 Å². The van der Waals surface area contributed by atoms with Crippen molar-refractivity contribution in [2.24, 2.45) is 5.41 Å². The van der Waals surface area contributed by atoms with Crippen LogP contribution in [0.5, 0.6) is 0 Å². The van der Waals surface area contributed by atoms with Crippen molar-refractivity contribution < 1.29 is 5.11 Å². The van der Waals surface area contributed by atoms with Gasteiger partial charge < -0.3 is 5.11 Å². The van der Waals surface area contributed by atoms with E-state index in [1.165, 1.54) is 44.9 Å².